The third kappa shape index (κ3) is 6.04. The molecule has 0 bridgehead atoms. The number of carbonyl (C=O) groups is 1. The molecule has 0 saturated carbocycles. The third-order valence-electron chi connectivity index (χ3n) is 5.49. The van der Waals surface area contributed by atoms with Crippen LogP contribution in [-0.4, -0.2) is 69.0 Å². The van der Waals surface area contributed by atoms with E-state index in [9.17, 15) is 22.0 Å². The summed E-state index contributed by atoms with van der Waals surface area (Å²) < 4.78 is 60.1. The lowest BCUT2D eigenvalue weighted by molar-refractivity contribution is -0.126. The lowest BCUT2D eigenvalue weighted by Gasteiger charge is -2.30. The van der Waals surface area contributed by atoms with Crippen molar-refractivity contribution in [2.45, 2.75) is 24.7 Å². The van der Waals surface area contributed by atoms with E-state index in [2.05, 4.69) is 10.5 Å². The molecule has 3 rings (SSSR count). The number of aryl methyl sites for hydroxylation is 1. The molecule has 0 unspecified atom stereocenters. The number of aromatic nitrogens is 1. The van der Waals surface area contributed by atoms with E-state index in [0.717, 1.165) is 18.7 Å². The smallest absolute Gasteiger partial charge is 0.248 e. The Morgan fingerprint density at radius 2 is 1.97 bits per heavy atom. The highest BCUT2D eigenvalue weighted by Gasteiger charge is 2.35. The van der Waals surface area contributed by atoms with Gasteiger partial charge in [0.1, 0.15) is 17.3 Å². The molecular weight excluding hydrogens is 454 g/mol. The SMILES string of the molecule is Cc1noc(/C=C/c2ccc(F)cc2F)c1S(=O)(=O)N1CCC(C(=O)NCCN(C)C)CC1. The molecule has 33 heavy (non-hydrogen) atoms. The molecule has 8 nitrogen and oxygen atoms in total. The Morgan fingerprint density at radius 1 is 1.27 bits per heavy atom. The van der Waals surface area contributed by atoms with Gasteiger partial charge in [0.2, 0.25) is 15.9 Å². The quantitative estimate of drug-likeness (QED) is 0.621. The van der Waals surface area contributed by atoms with E-state index < -0.39 is 21.7 Å². The van der Waals surface area contributed by atoms with Crippen molar-refractivity contribution in [3.63, 3.8) is 0 Å². The molecule has 0 atom stereocenters. The molecule has 0 aliphatic carbocycles. The van der Waals surface area contributed by atoms with Crippen molar-refractivity contribution in [1.82, 2.24) is 19.7 Å². The van der Waals surface area contributed by atoms with Crippen molar-refractivity contribution in [3.8, 4) is 0 Å². The zero-order valence-corrected chi connectivity index (χ0v) is 19.7. The normalized spacial score (nSPS) is 16.1. The molecule has 0 radical (unpaired) electrons. The topological polar surface area (TPSA) is 95.8 Å². The summed E-state index contributed by atoms with van der Waals surface area (Å²) in [6.45, 7) is 3.15. The second-order valence-corrected chi connectivity index (χ2v) is 10.1. The fourth-order valence-corrected chi connectivity index (χ4v) is 5.36. The Hall–Kier alpha value is -2.63. The van der Waals surface area contributed by atoms with E-state index in [1.165, 1.54) is 29.4 Å². The number of likely N-dealkylation sites (N-methyl/N-ethyl adjacent to an activating group) is 1. The van der Waals surface area contributed by atoms with Gasteiger partial charge in [0, 0.05) is 43.7 Å². The monoisotopic (exact) mass is 482 g/mol. The number of sulfonamides is 1. The number of amides is 1. The van der Waals surface area contributed by atoms with Gasteiger partial charge < -0.3 is 14.7 Å². The summed E-state index contributed by atoms with van der Waals surface area (Å²) in [7, 11) is -0.108. The Morgan fingerprint density at radius 3 is 2.61 bits per heavy atom. The van der Waals surface area contributed by atoms with Gasteiger partial charge in [0.25, 0.3) is 0 Å². The first-order valence-corrected chi connectivity index (χ1v) is 12.1. The van der Waals surface area contributed by atoms with E-state index in [1.54, 1.807) is 0 Å². The highest BCUT2D eigenvalue weighted by atomic mass is 32.2. The summed E-state index contributed by atoms with van der Waals surface area (Å²) in [4.78, 5) is 14.2. The minimum Gasteiger partial charge on any atom is -0.355 e. The van der Waals surface area contributed by atoms with Crippen molar-refractivity contribution in [3.05, 3.63) is 46.9 Å². The van der Waals surface area contributed by atoms with E-state index >= 15 is 0 Å². The zero-order valence-electron chi connectivity index (χ0n) is 18.8. The zero-order chi connectivity index (χ0) is 24.2. The molecule has 1 fully saturated rings. The van der Waals surface area contributed by atoms with Crippen LogP contribution in [0.15, 0.2) is 27.6 Å². The van der Waals surface area contributed by atoms with Crippen LogP contribution in [0.1, 0.15) is 29.9 Å². The Balaban J connectivity index is 1.71. The van der Waals surface area contributed by atoms with Crippen LogP contribution in [0.3, 0.4) is 0 Å². The van der Waals surface area contributed by atoms with Gasteiger partial charge in [-0.3, -0.25) is 4.79 Å². The molecule has 1 aromatic carbocycles. The third-order valence-corrected chi connectivity index (χ3v) is 7.55. The summed E-state index contributed by atoms with van der Waals surface area (Å²) in [5.74, 6) is -1.85. The molecule has 1 saturated heterocycles. The van der Waals surface area contributed by atoms with Crippen LogP contribution in [0, 0.1) is 24.5 Å². The maximum Gasteiger partial charge on any atom is 0.248 e. The van der Waals surface area contributed by atoms with Crippen molar-refractivity contribution in [1.29, 1.82) is 0 Å². The van der Waals surface area contributed by atoms with Gasteiger partial charge in [-0.25, -0.2) is 17.2 Å². The molecule has 11 heteroatoms. The first-order valence-electron chi connectivity index (χ1n) is 10.6. The van der Waals surface area contributed by atoms with Gasteiger partial charge in [0.05, 0.1) is 0 Å². The fraction of sp³-hybridized carbons (Fsp3) is 0.455. The van der Waals surface area contributed by atoms with E-state index in [-0.39, 0.29) is 46.8 Å². The van der Waals surface area contributed by atoms with Gasteiger partial charge in [-0.05, 0) is 58.1 Å². The summed E-state index contributed by atoms with van der Waals surface area (Å²) in [5.41, 5.74) is 0.257. The lowest BCUT2D eigenvalue weighted by atomic mass is 9.97. The number of nitrogens with one attached hydrogen (secondary N) is 1. The number of halogens is 2. The van der Waals surface area contributed by atoms with E-state index in [4.69, 9.17) is 4.52 Å². The van der Waals surface area contributed by atoms with Gasteiger partial charge in [-0.1, -0.05) is 5.16 Å². The molecule has 1 aromatic heterocycles. The first kappa shape index (κ1) is 25.0. The molecule has 1 N–H and O–H groups in total. The number of benzene rings is 1. The second-order valence-electron chi connectivity index (χ2n) is 8.23. The summed E-state index contributed by atoms with van der Waals surface area (Å²) in [5, 5.41) is 6.65. The molecule has 1 aliphatic heterocycles. The molecule has 1 amide bonds. The number of nitrogens with zero attached hydrogens (tertiary/aromatic N) is 3. The minimum absolute atomic E-state index is 0.0419. The number of carbonyl (C=O) groups excluding carboxylic acids is 1. The van der Waals surface area contributed by atoms with Crippen LogP contribution in [0.5, 0.6) is 0 Å². The predicted octanol–water partition coefficient (Wildman–Crippen LogP) is 2.51. The Labute approximate surface area is 192 Å². The molecule has 0 spiro atoms. The van der Waals surface area contributed by atoms with Gasteiger partial charge in [-0.15, -0.1) is 0 Å². The molecule has 2 aromatic rings. The van der Waals surface area contributed by atoms with E-state index in [0.29, 0.717) is 19.4 Å². The maximum absolute atomic E-state index is 13.9. The highest BCUT2D eigenvalue weighted by molar-refractivity contribution is 7.89. The molecule has 180 valence electrons. The van der Waals surface area contributed by atoms with Crippen LogP contribution in [-0.2, 0) is 14.8 Å². The lowest BCUT2D eigenvalue weighted by Crippen LogP contribution is -2.44. The van der Waals surface area contributed by atoms with Gasteiger partial charge in [0.15, 0.2) is 10.7 Å². The first-order chi connectivity index (χ1) is 15.6. The van der Waals surface area contributed by atoms with Crippen LogP contribution in [0.25, 0.3) is 12.2 Å². The van der Waals surface area contributed by atoms with Crippen LogP contribution in [0.4, 0.5) is 8.78 Å². The number of hydrogen-bond acceptors (Lipinski definition) is 6. The second kappa shape index (κ2) is 10.5. The summed E-state index contributed by atoms with van der Waals surface area (Å²) in [6, 6.07) is 3.09. The van der Waals surface area contributed by atoms with Gasteiger partial charge >= 0.3 is 0 Å². The van der Waals surface area contributed by atoms with Crippen molar-refractivity contribution < 1.29 is 26.5 Å². The minimum atomic E-state index is -3.94. The fourth-order valence-electron chi connectivity index (χ4n) is 3.64. The summed E-state index contributed by atoms with van der Waals surface area (Å²) in [6.07, 6.45) is 3.42. The molecular formula is C22H28F2N4O4S. The van der Waals surface area contributed by atoms with Crippen molar-refractivity contribution >= 4 is 28.1 Å². The number of piperidine rings is 1. The van der Waals surface area contributed by atoms with Crippen LogP contribution < -0.4 is 5.32 Å². The van der Waals surface area contributed by atoms with Crippen molar-refractivity contribution in [2.24, 2.45) is 5.92 Å². The number of rotatable bonds is 8. The largest absolute Gasteiger partial charge is 0.355 e. The van der Waals surface area contributed by atoms with Crippen LogP contribution >= 0.6 is 0 Å². The molecule has 2 heterocycles. The molecule has 1 aliphatic rings. The highest BCUT2D eigenvalue weighted by Crippen LogP contribution is 2.29. The number of hydrogen-bond donors (Lipinski definition) is 1. The van der Waals surface area contributed by atoms with Gasteiger partial charge in [-0.2, -0.15) is 4.31 Å². The van der Waals surface area contributed by atoms with Crippen LogP contribution in [0.2, 0.25) is 0 Å². The average Bonchev–Trinajstić information content (AvgIpc) is 3.14. The average molecular weight is 483 g/mol. The van der Waals surface area contributed by atoms with E-state index in [1.807, 2.05) is 19.0 Å². The maximum atomic E-state index is 13.9. The Bertz CT molecular complexity index is 1120. The predicted molar refractivity (Wildman–Crippen MR) is 120 cm³/mol. The standard InChI is InChI=1S/C22H28F2N4O4S/c1-15-21(20(32-26-15)7-5-16-4-6-18(23)14-19(16)24)33(30,31)28-11-8-17(9-12-28)22(29)25-10-13-27(2)3/h4-7,14,17H,8-13H2,1-3H3,(H,25,29)/b7-5+. The summed E-state index contributed by atoms with van der Waals surface area (Å²) >= 11 is 0. The Kier molecular flexibility index (Phi) is 7.98. The van der Waals surface area contributed by atoms with Crippen molar-refractivity contribution in [2.75, 3.05) is 40.3 Å².